The number of hydrogen-bond donors (Lipinski definition) is 0. The van der Waals surface area contributed by atoms with Crippen molar-refractivity contribution in [3.8, 4) is 5.75 Å². The number of rotatable bonds is 3. The average molecular weight is 382 g/mol. The first-order chi connectivity index (χ1) is 7.76. The third-order valence-corrected chi connectivity index (χ3v) is 2.61. The molecule has 10 heteroatoms. The van der Waals surface area contributed by atoms with E-state index in [9.17, 15) is 23.3 Å². The molecular formula is C7H3ClF3IN2O3. The highest BCUT2D eigenvalue weighted by Gasteiger charge is 2.37. The van der Waals surface area contributed by atoms with Crippen molar-refractivity contribution < 1.29 is 22.8 Å². The molecule has 1 aromatic heterocycles. The van der Waals surface area contributed by atoms with Crippen LogP contribution in [0.4, 0.5) is 18.9 Å². The third-order valence-electron chi connectivity index (χ3n) is 1.56. The van der Waals surface area contributed by atoms with Crippen LogP contribution in [0.15, 0.2) is 6.20 Å². The number of hydrogen-bond acceptors (Lipinski definition) is 4. The molecule has 0 aliphatic heterocycles. The van der Waals surface area contributed by atoms with Crippen molar-refractivity contribution in [2.75, 3.05) is 0 Å². The summed E-state index contributed by atoms with van der Waals surface area (Å²) in [6.45, 7) is 0. The highest BCUT2D eigenvalue weighted by Crippen LogP contribution is 2.37. The minimum atomic E-state index is -5.04. The summed E-state index contributed by atoms with van der Waals surface area (Å²) in [7, 11) is 0. The van der Waals surface area contributed by atoms with Gasteiger partial charge in [0.15, 0.2) is 0 Å². The van der Waals surface area contributed by atoms with Gasteiger partial charge >= 0.3 is 12.0 Å². The van der Waals surface area contributed by atoms with Crippen LogP contribution in [-0.2, 0) is 5.88 Å². The van der Waals surface area contributed by atoms with Crippen molar-refractivity contribution in [1.82, 2.24) is 4.98 Å². The van der Waals surface area contributed by atoms with Gasteiger partial charge in [0, 0.05) is 6.20 Å². The lowest BCUT2D eigenvalue weighted by atomic mass is 10.3. The second-order valence-corrected chi connectivity index (χ2v) is 4.10. The number of aromatic nitrogens is 1. The lowest BCUT2D eigenvalue weighted by Gasteiger charge is -2.12. The molecule has 1 rings (SSSR count). The lowest BCUT2D eigenvalue weighted by Crippen LogP contribution is -2.19. The van der Waals surface area contributed by atoms with Crippen LogP contribution >= 0.6 is 34.2 Å². The van der Waals surface area contributed by atoms with E-state index in [-0.39, 0.29) is 9.26 Å². The molecule has 0 fully saturated rings. The maximum atomic E-state index is 12.1. The molecule has 0 saturated carbocycles. The zero-order chi connectivity index (χ0) is 13.2. The van der Waals surface area contributed by atoms with E-state index in [1.807, 2.05) is 0 Å². The summed E-state index contributed by atoms with van der Waals surface area (Å²) >= 11 is 6.85. The second kappa shape index (κ2) is 5.21. The van der Waals surface area contributed by atoms with E-state index in [4.69, 9.17) is 11.6 Å². The van der Waals surface area contributed by atoms with Crippen molar-refractivity contribution in [2.24, 2.45) is 0 Å². The van der Waals surface area contributed by atoms with E-state index in [0.29, 0.717) is 0 Å². The first-order valence-corrected chi connectivity index (χ1v) is 5.51. The highest BCUT2D eigenvalue weighted by molar-refractivity contribution is 14.1. The molecule has 0 radical (unpaired) electrons. The molecule has 0 bridgehead atoms. The van der Waals surface area contributed by atoms with Crippen molar-refractivity contribution in [3.05, 3.63) is 25.6 Å². The smallest absolute Gasteiger partial charge is 0.396 e. The number of halogens is 5. The molecule has 17 heavy (non-hydrogen) atoms. The van der Waals surface area contributed by atoms with Gasteiger partial charge in [-0.2, -0.15) is 0 Å². The summed E-state index contributed by atoms with van der Waals surface area (Å²) in [4.78, 5) is 13.3. The van der Waals surface area contributed by atoms with Crippen LogP contribution in [0.2, 0.25) is 0 Å². The van der Waals surface area contributed by atoms with E-state index < -0.39 is 28.6 Å². The summed E-state index contributed by atoms with van der Waals surface area (Å²) in [5, 5.41) is 10.7. The van der Waals surface area contributed by atoms with E-state index in [1.54, 1.807) is 0 Å². The molecule has 0 amide bonds. The predicted molar refractivity (Wildman–Crippen MR) is 59.8 cm³/mol. The van der Waals surface area contributed by atoms with Gasteiger partial charge in [-0.25, -0.2) is 0 Å². The Labute approximate surface area is 111 Å². The maximum absolute atomic E-state index is 12.1. The molecule has 0 atom stereocenters. The highest BCUT2D eigenvalue weighted by atomic mass is 127. The molecular weight excluding hydrogens is 379 g/mol. The van der Waals surface area contributed by atoms with Crippen LogP contribution < -0.4 is 4.74 Å². The Morgan fingerprint density at radius 2 is 2.18 bits per heavy atom. The Balaban J connectivity index is 3.40. The van der Waals surface area contributed by atoms with Gasteiger partial charge in [-0.05, 0) is 22.6 Å². The second-order valence-electron chi connectivity index (χ2n) is 2.67. The van der Waals surface area contributed by atoms with Crippen LogP contribution in [-0.4, -0.2) is 16.3 Å². The Morgan fingerprint density at radius 1 is 1.59 bits per heavy atom. The zero-order valence-electron chi connectivity index (χ0n) is 7.79. The molecule has 0 aromatic carbocycles. The molecule has 94 valence electrons. The first kappa shape index (κ1) is 14.2. The molecule has 5 nitrogen and oxygen atoms in total. The summed E-state index contributed by atoms with van der Waals surface area (Å²) in [6, 6.07) is 0. The Morgan fingerprint density at radius 3 is 2.59 bits per heavy atom. The van der Waals surface area contributed by atoms with Crippen LogP contribution in [0.25, 0.3) is 0 Å². The van der Waals surface area contributed by atoms with Gasteiger partial charge in [-0.15, -0.1) is 24.8 Å². The summed E-state index contributed by atoms with van der Waals surface area (Å²) in [5.74, 6) is -1.40. The molecule has 0 N–H and O–H groups in total. The molecule has 0 saturated heterocycles. The summed E-state index contributed by atoms with van der Waals surface area (Å²) in [5.41, 5.74) is -1.13. The Kier molecular flexibility index (Phi) is 4.36. The fourth-order valence-electron chi connectivity index (χ4n) is 0.988. The quantitative estimate of drug-likeness (QED) is 0.348. The molecule has 0 unspecified atom stereocenters. The van der Waals surface area contributed by atoms with Gasteiger partial charge in [0.2, 0.25) is 5.75 Å². The SMILES string of the molecule is O=[N+]([O-])c1c(I)cnc(CCl)c1OC(F)(F)F. The molecule has 1 heterocycles. The van der Waals surface area contributed by atoms with Crippen molar-refractivity contribution in [2.45, 2.75) is 12.2 Å². The van der Waals surface area contributed by atoms with Crippen LogP contribution in [0.5, 0.6) is 5.75 Å². The predicted octanol–water partition coefficient (Wildman–Crippen LogP) is 3.23. The lowest BCUT2D eigenvalue weighted by molar-refractivity contribution is -0.389. The molecule has 1 aromatic rings. The number of nitro groups is 1. The zero-order valence-corrected chi connectivity index (χ0v) is 10.7. The number of alkyl halides is 4. The Bertz CT molecular complexity index is 455. The average Bonchev–Trinajstić information content (AvgIpc) is 2.15. The third kappa shape index (κ3) is 3.56. The number of nitrogens with zero attached hydrogens (tertiary/aromatic N) is 2. The van der Waals surface area contributed by atoms with Gasteiger partial charge in [-0.1, -0.05) is 0 Å². The fraction of sp³-hybridized carbons (Fsp3) is 0.286. The minimum Gasteiger partial charge on any atom is -0.396 e. The van der Waals surface area contributed by atoms with Gasteiger partial charge in [0.05, 0.1) is 10.8 Å². The van der Waals surface area contributed by atoms with Crippen LogP contribution in [0, 0.1) is 13.7 Å². The first-order valence-electron chi connectivity index (χ1n) is 3.89. The van der Waals surface area contributed by atoms with E-state index >= 15 is 0 Å². The fourth-order valence-corrected chi connectivity index (χ4v) is 1.76. The van der Waals surface area contributed by atoms with Crippen LogP contribution in [0.3, 0.4) is 0 Å². The van der Waals surface area contributed by atoms with Gasteiger partial charge in [0.25, 0.3) is 0 Å². The Hall–Kier alpha value is -0.840. The van der Waals surface area contributed by atoms with Crippen LogP contribution in [0.1, 0.15) is 5.69 Å². The van der Waals surface area contributed by atoms with E-state index in [1.165, 1.54) is 22.6 Å². The molecule has 0 aliphatic carbocycles. The summed E-state index contributed by atoms with van der Waals surface area (Å²) < 4.78 is 39.9. The number of ether oxygens (including phenoxy) is 1. The monoisotopic (exact) mass is 382 g/mol. The van der Waals surface area contributed by atoms with Crippen molar-refractivity contribution in [1.29, 1.82) is 0 Å². The van der Waals surface area contributed by atoms with E-state index in [0.717, 1.165) is 6.20 Å². The molecule has 0 aliphatic rings. The topological polar surface area (TPSA) is 65.3 Å². The van der Waals surface area contributed by atoms with Crippen molar-refractivity contribution in [3.63, 3.8) is 0 Å². The number of pyridine rings is 1. The maximum Gasteiger partial charge on any atom is 0.573 e. The normalized spacial score (nSPS) is 11.4. The minimum absolute atomic E-state index is 0.0688. The molecule has 0 spiro atoms. The van der Waals surface area contributed by atoms with Gasteiger partial charge in [0.1, 0.15) is 9.26 Å². The standard InChI is InChI=1S/C7H3ClF3IN2O3/c8-1-4-6(17-7(9,10)11)5(14(15)16)3(12)2-13-4/h2H,1H2. The van der Waals surface area contributed by atoms with Crippen molar-refractivity contribution >= 4 is 39.9 Å². The van der Waals surface area contributed by atoms with Gasteiger partial charge in [-0.3, -0.25) is 15.1 Å². The van der Waals surface area contributed by atoms with E-state index in [2.05, 4.69) is 9.72 Å². The summed E-state index contributed by atoms with van der Waals surface area (Å²) in [6.07, 6.45) is -3.99. The largest absolute Gasteiger partial charge is 0.573 e. The van der Waals surface area contributed by atoms with Gasteiger partial charge < -0.3 is 4.74 Å².